The van der Waals surface area contributed by atoms with E-state index >= 15 is 0 Å². The van der Waals surface area contributed by atoms with Gasteiger partial charge in [0.2, 0.25) is 0 Å². The molecule has 0 aromatic heterocycles. The summed E-state index contributed by atoms with van der Waals surface area (Å²) in [7, 11) is 0. The predicted octanol–water partition coefficient (Wildman–Crippen LogP) is 5.03. The lowest BCUT2D eigenvalue weighted by Crippen LogP contribution is -2.06. The highest BCUT2D eigenvalue weighted by atomic mass is 16.1. The van der Waals surface area contributed by atoms with Gasteiger partial charge in [-0.25, -0.2) is 0 Å². The van der Waals surface area contributed by atoms with E-state index in [1.54, 1.807) is 6.92 Å². The molecule has 100 valence electrons. The van der Waals surface area contributed by atoms with Gasteiger partial charge in [0.05, 0.1) is 0 Å². The molecule has 0 bridgehead atoms. The second kappa shape index (κ2) is 8.07. The highest BCUT2D eigenvalue weighted by Crippen LogP contribution is 2.28. The second-order valence-electron chi connectivity index (χ2n) is 5.31. The summed E-state index contributed by atoms with van der Waals surface area (Å²) in [5, 5.41) is 0. The molecule has 18 heavy (non-hydrogen) atoms. The largest absolute Gasteiger partial charge is 0.300 e. The van der Waals surface area contributed by atoms with Crippen LogP contribution in [0, 0.1) is 6.92 Å². The molecule has 1 rings (SSSR count). The molecular weight excluding hydrogens is 220 g/mol. The first kappa shape index (κ1) is 14.9. The molecule has 0 fully saturated rings. The number of carbonyl (C=O) groups excluding carboxylic acids is 1. The van der Waals surface area contributed by atoms with E-state index in [9.17, 15) is 4.79 Å². The third kappa shape index (κ3) is 5.03. The van der Waals surface area contributed by atoms with Crippen LogP contribution >= 0.6 is 0 Å². The average molecular weight is 246 g/mol. The van der Waals surface area contributed by atoms with Crippen LogP contribution < -0.4 is 0 Å². The maximum atomic E-state index is 11.4. The maximum Gasteiger partial charge on any atom is 0.130 e. The molecule has 0 spiro atoms. The highest BCUT2D eigenvalue weighted by Gasteiger charge is 2.15. The van der Waals surface area contributed by atoms with Gasteiger partial charge in [0.1, 0.15) is 5.78 Å². The van der Waals surface area contributed by atoms with Gasteiger partial charge in [-0.2, -0.15) is 0 Å². The van der Waals surface area contributed by atoms with E-state index in [2.05, 4.69) is 38.1 Å². The fraction of sp³-hybridized carbons (Fsp3) is 0.588. The Bertz CT molecular complexity index is 368. The standard InChI is InChI=1S/C17H26O/c1-4-5-6-7-11-16(13-15(3)18)17-12-9-8-10-14(17)2/h8-10,12,16H,4-7,11,13H2,1-3H3. The number of aryl methyl sites for hydroxylation is 1. The van der Waals surface area contributed by atoms with Gasteiger partial charge >= 0.3 is 0 Å². The normalized spacial score (nSPS) is 12.4. The Hall–Kier alpha value is -1.11. The predicted molar refractivity (Wildman–Crippen MR) is 78.0 cm³/mol. The Morgan fingerprint density at radius 2 is 1.89 bits per heavy atom. The summed E-state index contributed by atoms with van der Waals surface area (Å²) >= 11 is 0. The second-order valence-corrected chi connectivity index (χ2v) is 5.31. The van der Waals surface area contributed by atoms with Gasteiger partial charge in [0, 0.05) is 6.42 Å². The first-order valence-corrected chi connectivity index (χ1v) is 7.20. The Balaban J connectivity index is 2.66. The van der Waals surface area contributed by atoms with Crippen molar-refractivity contribution >= 4 is 5.78 Å². The van der Waals surface area contributed by atoms with Crippen molar-refractivity contribution in [2.75, 3.05) is 0 Å². The quantitative estimate of drug-likeness (QED) is 0.588. The van der Waals surface area contributed by atoms with Crippen molar-refractivity contribution in [3.63, 3.8) is 0 Å². The van der Waals surface area contributed by atoms with Crippen LogP contribution in [0.4, 0.5) is 0 Å². The molecule has 0 amide bonds. The van der Waals surface area contributed by atoms with E-state index in [-0.39, 0.29) is 0 Å². The van der Waals surface area contributed by atoms with Gasteiger partial charge in [0.15, 0.2) is 0 Å². The molecule has 0 heterocycles. The summed E-state index contributed by atoms with van der Waals surface area (Å²) in [5.74, 6) is 0.722. The van der Waals surface area contributed by atoms with Crippen LogP contribution in [0.15, 0.2) is 24.3 Å². The minimum absolute atomic E-state index is 0.304. The van der Waals surface area contributed by atoms with Gasteiger partial charge in [-0.3, -0.25) is 0 Å². The zero-order valence-corrected chi connectivity index (χ0v) is 12.0. The van der Waals surface area contributed by atoms with Crippen molar-refractivity contribution in [2.24, 2.45) is 0 Å². The Kier molecular flexibility index (Phi) is 6.70. The maximum absolute atomic E-state index is 11.4. The molecule has 1 heteroatoms. The van der Waals surface area contributed by atoms with Crippen molar-refractivity contribution < 1.29 is 4.79 Å². The number of benzene rings is 1. The lowest BCUT2D eigenvalue weighted by atomic mass is 9.86. The summed E-state index contributed by atoms with van der Waals surface area (Å²) in [6, 6.07) is 8.49. The smallest absolute Gasteiger partial charge is 0.130 e. The van der Waals surface area contributed by atoms with Crippen LogP contribution in [-0.4, -0.2) is 5.78 Å². The van der Waals surface area contributed by atoms with Crippen molar-refractivity contribution in [3.8, 4) is 0 Å². The summed E-state index contributed by atoms with van der Waals surface area (Å²) < 4.78 is 0. The first-order valence-electron chi connectivity index (χ1n) is 7.20. The summed E-state index contributed by atoms with van der Waals surface area (Å²) in [4.78, 5) is 11.4. The number of ketones is 1. The zero-order valence-electron chi connectivity index (χ0n) is 12.0. The fourth-order valence-electron chi connectivity index (χ4n) is 2.58. The van der Waals surface area contributed by atoms with Crippen molar-refractivity contribution in [1.29, 1.82) is 0 Å². The summed E-state index contributed by atoms with van der Waals surface area (Å²) in [5.41, 5.74) is 2.68. The van der Waals surface area contributed by atoms with E-state index in [1.807, 2.05) is 0 Å². The van der Waals surface area contributed by atoms with Crippen LogP contribution in [0.5, 0.6) is 0 Å². The minimum Gasteiger partial charge on any atom is -0.300 e. The van der Waals surface area contributed by atoms with Gasteiger partial charge in [-0.05, 0) is 37.3 Å². The molecule has 0 saturated heterocycles. The van der Waals surface area contributed by atoms with E-state index in [1.165, 1.54) is 36.8 Å². The minimum atomic E-state index is 0.304. The molecule has 1 unspecified atom stereocenters. The number of carbonyl (C=O) groups is 1. The van der Waals surface area contributed by atoms with Gasteiger partial charge < -0.3 is 4.79 Å². The van der Waals surface area contributed by atoms with Gasteiger partial charge in [-0.1, -0.05) is 56.9 Å². The molecule has 1 atom stereocenters. The molecule has 0 saturated carbocycles. The van der Waals surface area contributed by atoms with Crippen LogP contribution in [0.3, 0.4) is 0 Å². The first-order chi connectivity index (χ1) is 8.65. The summed E-state index contributed by atoms with van der Waals surface area (Å²) in [6.45, 7) is 6.08. The monoisotopic (exact) mass is 246 g/mol. The topological polar surface area (TPSA) is 17.1 Å². The van der Waals surface area contributed by atoms with Crippen LogP contribution in [-0.2, 0) is 4.79 Å². The molecule has 1 aromatic rings. The molecule has 0 N–H and O–H groups in total. The third-order valence-electron chi connectivity index (χ3n) is 3.57. The number of hydrogen-bond donors (Lipinski definition) is 0. The number of hydrogen-bond acceptors (Lipinski definition) is 1. The Labute approximate surface area is 112 Å². The Morgan fingerprint density at radius 1 is 1.17 bits per heavy atom. The van der Waals surface area contributed by atoms with Gasteiger partial charge in [0.25, 0.3) is 0 Å². The average Bonchev–Trinajstić information content (AvgIpc) is 2.33. The van der Waals surface area contributed by atoms with E-state index in [0.29, 0.717) is 18.1 Å². The van der Waals surface area contributed by atoms with E-state index in [4.69, 9.17) is 0 Å². The number of Topliss-reactive ketones (excluding diaryl/α,β-unsaturated/α-hetero) is 1. The molecule has 0 aliphatic carbocycles. The molecule has 0 aliphatic heterocycles. The van der Waals surface area contributed by atoms with Crippen LogP contribution in [0.2, 0.25) is 0 Å². The SMILES string of the molecule is CCCCCCC(CC(C)=O)c1ccccc1C. The fourth-order valence-corrected chi connectivity index (χ4v) is 2.58. The molecule has 0 radical (unpaired) electrons. The lowest BCUT2D eigenvalue weighted by Gasteiger charge is -2.18. The van der Waals surface area contributed by atoms with Gasteiger partial charge in [-0.15, -0.1) is 0 Å². The van der Waals surface area contributed by atoms with Crippen LogP contribution in [0.1, 0.15) is 69.4 Å². The summed E-state index contributed by atoms with van der Waals surface area (Å²) in [6.07, 6.45) is 6.93. The zero-order chi connectivity index (χ0) is 13.4. The van der Waals surface area contributed by atoms with Crippen molar-refractivity contribution in [2.45, 2.75) is 65.2 Å². The molecule has 1 aromatic carbocycles. The number of unbranched alkanes of at least 4 members (excludes halogenated alkanes) is 3. The van der Waals surface area contributed by atoms with Crippen LogP contribution in [0.25, 0.3) is 0 Å². The number of rotatable bonds is 8. The highest BCUT2D eigenvalue weighted by molar-refractivity contribution is 5.76. The molecule has 1 nitrogen and oxygen atoms in total. The van der Waals surface area contributed by atoms with Crippen molar-refractivity contribution in [1.82, 2.24) is 0 Å². The molecular formula is C17H26O. The third-order valence-corrected chi connectivity index (χ3v) is 3.57. The molecule has 0 aliphatic rings. The lowest BCUT2D eigenvalue weighted by molar-refractivity contribution is -0.117. The van der Waals surface area contributed by atoms with E-state index in [0.717, 1.165) is 6.42 Å². The van der Waals surface area contributed by atoms with Crippen molar-refractivity contribution in [3.05, 3.63) is 35.4 Å². The Morgan fingerprint density at radius 3 is 2.50 bits per heavy atom. The van der Waals surface area contributed by atoms with E-state index < -0.39 is 0 Å².